The van der Waals surface area contributed by atoms with E-state index in [9.17, 15) is 0 Å². The number of nitrogens with zero attached hydrogens (tertiary/aromatic N) is 1. The monoisotopic (exact) mass is 167 g/mol. The Bertz CT molecular complexity index is 153. The Labute approximate surface area is 76.1 Å². The van der Waals surface area contributed by atoms with Crippen molar-refractivity contribution in [1.82, 2.24) is 4.90 Å². The Kier molecular flexibility index (Phi) is 2.40. The molecule has 70 valence electrons. The predicted octanol–water partition coefficient (Wildman–Crippen LogP) is 2.52. The molecular formula is C11H21N. The lowest BCUT2D eigenvalue weighted by Gasteiger charge is -2.27. The minimum absolute atomic E-state index is 0.875. The molecule has 2 fully saturated rings. The molecule has 1 saturated carbocycles. The summed E-state index contributed by atoms with van der Waals surface area (Å²) in [5.41, 5.74) is 0. The van der Waals surface area contributed by atoms with Crippen LogP contribution in [0.1, 0.15) is 39.5 Å². The highest BCUT2D eigenvalue weighted by Crippen LogP contribution is 2.39. The topological polar surface area (TPSA) is 3.24 Å². The fourth-order valence-electron chi connectivity index (χ4n) is 3.25. The van der Waals surface area contributed by atoms with E-state index < -0.39 is 0 Å². The van der Waals surface area contributed by atoms with Gasteiger partial charge in [-0.15, -0.1) is 0 Å². The van der Waals surface area contributed by atoms with Gasteiger partial charge in [-0.2, -0.15) is 0 Å². The average Bonchev–Trinajstić information content (AvgIpc) is 2.44. The molecule has 0 amide bonds. The highest BCUT2D eigenvalue weighted by atomic mass is 15.2. The van der Waals surface area contributed by atoms with E-state index in [2.05, 4.69) is 18.7 Å². The van der Waals surface area contributed by atoms with Crippen molar-refractivity contribution in [2.24, 2.45) is 11.8 Å². The minimum atomic E-state index is 0.875. The number of likely N-dealkylation sites (tertiary alicyclic amines) is 1. The molecule has 1 aliphatic carbocycles. The van der Waals surface area contributed by atoms with Crippen molar-refractivity contribution in [1.29, 1.82) is 0 Å². The van der Waals surface area contributed by atoms with Gasteiger partial charge in [-0.1, -0.05) is 19.8 Å². The zero-order valence-electron chi connectivity index (χ0n) is 8.42. The van der Waals surface area contributed by atoms with Crippen LogP contribution >= 0.6 is 0 Å². The van der Waals surface area contributed by atoms with E-state index >= 15 is 0 Å². The largest absolute Gasteiger partial charge is 0.300 e. The van der Waals surface area contributed by atoms with Gasteiger partial charge in [0, 0.05) is 12.6 Å². The molecule has 12 heavy (non-hydrogen) atoms. The third-order valence-corrected chi connectivity index (χ3v) is 4.04. The maximum Gasteiger partial charge on any atom is 0.00983 e. The van der Waals surface area contributed by atoms with Crippen molar-refractivity contribution in [3.05, 3.63) is 0 Å². The van der Waals surface area contributed by atoms with Gasteiger partial charge < -0.3 is 4.90 Å². The summed E-state index contributed by atoms with van der Waals surface area (Å²) in [6.45, 7) is 7.38. The molecule has 0 aromatic heterocycles. The van der Waals surface area contributed by atoms with Crippen LogP contribution in [0, 0.1) is 11.8 Å². The molecule has 1 heterocycles. The van der Waals surface area contributed by atoms with Gasteiger partial charge in [-0.25, -0.2) is 0 Å². The number of hydrogen-bond acceptors (Lipinski definition) is 1. The third-order valence-electron chi connectivity index (χ3n) is 4.04. The summed E-state index contributed by atoms with van der Waals surface area (Å²) in [4.78, 5) is 2.67. The van der Waals surface area contributed by atoms with Crippen molar-refractivity contribution >= 4 is 0 Å². The summed E-state index contributed by atoms with van der Waals surface area (Å²) < 4.78 is 0. The van der Waals surface area contributed by atoms with Gasteiger partial charge in [0.15, 0.2) is 0 Å². The normalized spacial score (nSPS) is 43.0. The summed E-state index contributed by atoms with van der Waals surface area (Å²) in [6, 6.07) is 0.875. The van der Waals surface area contributed by atoms with Gasteiger partial charge in [-0.3, -0.25) is 0 Å². The Morgan fingerprint density at radius 3 is 2.67 bits per heavy atom. The van der Waals surface area contributed by atoms with Crippen LogP contribution in [0.15, 0.2) is 0 Å². The predicted molar refractivity (Wildman–Crippen MR) is 52.2 cm³/mol. The molecule has 0 bridgehead atoms. The lowest BCUT2D eigenvalue weighted by atomic mass is 9.79. The zero-order valence-corrected chi connectivity index (χ0v) is 8.42. The van der Waals surface area contributed by atoms with Crippen LogP contribution in [0.25, 0.3) is 0 Å². The van der Waals surface area contributed by atoms with Gasteiger partial charge >= 0.3 is 0 Å². The van der Waals surface area contributed by atoms with E-state index in [4.69, 9.17) is 0 Å². The minimum Gasteiger partial charge on any atom is -0.300 e. The molecule has 1 aliphatic heterocycles. The van der Waals surface area contributed by atoms with Crippen LogP contribution < -0.4 is 0 Å². The highest BCUT2D eigenvalue weighted by Gasteiger charge is 2.38. The van der Waals surface area contributed by atoms with Crippen LogP contribution in [-0.2, 0) is 0 Å². The van der Waals surface area contributed by atoms with Crippen molar-refractivity contribution in [3.63, 3.8) is 0 Å². The maximum absolute atomic E-state index is 2.67. The second-order valence-corrected chi connectivity index (χ2v) is 4.54. The molecule has 0 spiro atoms. The number of fused-ring (bicyclic) bond motifs is 1. The smallest absolute Gasteiger partial charge is 0.00983 e. The first-order valence-corrected chi connectivity index (χ1v) is 5.57. The van der Waals surface area contributed by atoms with Crippen LogP contribution in [0.4, 0.5) is 0 Å². The second-order valence-electron chi connectivity index (χ2n) is 4.54. The first kappa shape index (κ1) is 8.55. The first-order chi connectivity index (χ1) is 5.83. The fraction of sp³-hybridized carbons (Fsp3) is 1.00. The summed E-state index contributed by atoms with van der Waals surface area (Å²) in [5, 5.41) is 0. The first-order valence-electron chi connectivity index (χ1n) is 5.57. The van der Waals surface area contributed by atoms with Crippen LogP contribution in [0.3, 0.4) is 0 Å². The summed E-state index contributed by atoms with van der Waals surface area (Å²) in [5.74, 6) is 2.09. The standard InChI is InChI=1S/C11H21N/c1-3-12-8-10-6-4-5-7-11(10)9(12)2/h9-11H,3-8H2,1-2H3. The lowest BCUT2D eigenvalue weighted by molar-refractivity contribution is 0.234. The van der Waals surface area contributed by atoms with Gasteiger partial charge in [0.25, 0.3) is 0 Å². The van der Waals surface area contributed by atoms with E-state index in [1.54, 1.807) is 0 Å². The molecule has 1 saturated heterocycles. The third kappa shape index (κ3) is 1.28. The van der Waals surface area contributed by atoms with Crippen LogP contribution in [0.5, 0.6) is 0 Å². The van der Waals surface area contributed by atoms with Crippen molar-refractivity contribution in [2.75, 3.05) is 13.1 Å². The molecular weight excluding hydrogens is 146 g/mol. The Hall–Kier alpha value is -0.0400. The van der Waals surface area contributed by atoms with Gasteiger partial charge in [0.05, 0.1) is 0 Å². The SMILES string of the molecule is CCN1CC2CCCCC2C1C. The molecule has 3 unspecified atom stereocenters. The molecule has 0 aromatic rings. The van der Waals surface area contributed by atoms with E-state index in [0.29, 0.717) is 0 Å². The molecule has 2 rings (SSSR count). The van der Waals surface area contributed by atoms with Crippen molar-refractivity contribution in [2.45, 2.75) is 45.6 Å². The quantitative estimate of drug-likeness (QED) is 0.580. The van der Waals surface area contributed by atoms with E-state index in [1.165, 1.54) is 38.8 Å². The number of rotatable bonds is 1. The molecule has 0 N–H and O–H groups in total. The molecule has 0 radical (unpaired) electrons. The fourth-order valence-corrected chi connectivity index (χ4v) is 3.25. The van der Waals surface area contributed by atoms with E-state index in [0.717, 1.165) is 17.9 Å². The maximum atomic E-state index is 2.67. The zero-order chi connectivity index (χ0) is 8.55. The molecule has 0 aromatic carbocycles. The van der Waals surface area contributed by atoms with Crippen molar-refractivity contribution in [3.8, 4) is 0 Å². The molecule has 3 atom stereocenters. The number of hydrogen-bond donors (Lipinski definition) is 0. The van der Waals surface area contributed by atoms with Crippen molar-refractivity contribution < 1.29 is 0 Å². The second kappa shape index (κ2) is 3.37. The molecule has 1 nitrogen and oxygen atoms in total. The van der Waals surface area contributed by atoms with E-state index in [1.807, 2.05) is 0 Å². The summed E-state index contributed by atoms with van der Waals surface area (Å²) >= 11 is 0. The average molecular weight is 167 g/mol. The van der Waals surface area contributed by atoms with Gasteiger partial charge in [0.2, 0.25) is 0 Å². The molecule has 1 heteroatoms. The summed E-state index contributed by atoms with van der Waals surface area (Å²) in [6.07, 6.45) is 5.99. The van der Waals surface area contributed by atoms with Crippen LogP contribution in [-0.4, -0.2) is 24.0 Å². The van der Waals surface area contributed by atoms with Gasteiger partial charge in [0.1, 0.15) is 0 Å². The van der Waals surface area contributed by atoms with Gasteiger partial charge in [-0.05, 0) is 38.1 Å². The Morgan fingerprint density at radius 2 is 2.00 bits per heavy atom. The Morgan fingerprint density at radius 1 is 1.25 bits per heavy atom. The Balaban J connectivity index is 2.03. The molecule has 2 aliphatic rings. The van der Waals surface area contributed by atoms with E-state index in [-0.39, 0.29) is 0 Å². The highest BCUT2D eigenvalue weighted by molar-refractivity contribution is 4.91. The van der Waals surface area contributed by atoms with Crippen LogP contribution in [0.2, 0.25) is 0 Å². The summed E-state index contributed by atoms with van der Waals surface area (Å²) in [7, 11) is 0. The lowest BCUT2D eigenvalue weighted by Crippen LogP contribution is -2.29.